The molecule has 8 aromatic carbocycles. The molecule has 0 fully saturated rings. The van der Waals surface area contributed by atoms with Crippen molar-refractivity contribution in [1.82, 2.24) is 9.13 Å². The molecule has 0 atom stereocenters. The lowest BCUT2D eigenvalue weighted by atomic mass is 9.98. The molecule has 2 nitrogen and oxygen atoms in total. The molecule has 0 saturated heterocycles. The highest BCUT2D eigenvalue weighted by Crippen LogP contribution is 2.44. The quantitative estimate of drug-likeness (QED) is 0.175. The first-order valence-corrected chi connectivity index (χ1v) is 18.7. The minimum Gasteiger partial charge on any atom is -0.309 e. The van der Waals surface area contributed by atoms with Gasteiger partial charge < -0.3 is 9.13 Å². The number of hydrogen-bond donors (Lipinski definition) is 0. The van der Waals surface area contributed by atoms with Crippen LogP contribution in [-0.4, -0.2) is 9.13 Å². The molecule has 0 bridgehead atoms. The van der Waals surface area contributed by atoms with E-state index in [2.05, 4.69) is 192 Å². The minimum atomic E-state index is 1.17. The first-order valence-electron chi connectivity index (χ1n) is 17.8. The van der Waals surface area contributed by atoms with Gasteiger partial charge in [-0.25, -0.2) is 0 Å². The molecule has 0 amide bonds. The molecule has 0 aliphatic heterocycles. The van der Waals surface area contributed by atoms with Crippen LogP contribution in [0.4, 0.5) is 0 Å². The largest absolute Gasteiger partial charge is 0.309 e. The molecule has 0 spiro atoms. The Bertz CT molecular complexity index is 3070. The number of fused-ring (bicyclic) bond motifs is 9. The standard InChI is InChI=1S/C49H32N2S/c1-31-18-20-32(21-19-31)33-22-24-34(25-23-33)41-29-36(51-46-16-8-4-12-39(46)40-13-5-9-17-47(40)51)30-43-42-28-35(26-27-48(42)52-49(41)43)50-44-14-6-2-10-37(44)38-11-3-7-15-45(38)50/h2-30H,1H3. The van der Waals surface area contributed by atoms with Crippen molar-refractivity contribution in [3.63, 3.8) is 0 Å². The minimum absolute atomic E-state index is 1.17. The number of aryl methyl sites for hydroxylation is 1. The van der Waals surface area contributed by atoms with Gasteiger partial charge in [-0.1, -0.05) is 127 Å². The zero-order chi connectivity index (χ0) is 34.3. The maximum Gasteiger partial charge on any atom is 0.0541 e. The number of rotatable bonds is 4. The van der Waals surface area contributed by atoms with Crippen molar-refractivity contribution in [2.45, 2.75) is 6.92 Å². The summed E-state index contributed by atoms with van der Waals surface area (Å²) in [5.74, 6) is 0. The van der Waals surface area contributed by atoms with Crippen molar-refractivity contribution in [2.24, 2.45) is 0 Å². The van der Waals surface area contributed by atoms with Gasteiger partial charge in [0.1, 0.15) is 0 Å². The molecule has 3 aromatic heterocycles. The summed E-state index contributed by atoms with van der Waals surface area (Å²) in [6.07, 6.45) is 0. The first-order chi connectivity index (χ1) is 25.7. The van der Waals surface area contributed by atoms with Crippen LogP contribution in [0.2, 0.25) is 0 Å². The molecule has 0 aliphatic rings. The topological polar surface area (TPSA) is 9.86 Å². The van der Waals surface area contributed by atoms with Crippen LogP contribution >= 0.6 is 11.3 Å². The van der Waals surface area contributed by atoms with Crippen LogP contribution in [0.5, 0.6) is 0 Å². The van der Waals surface area contributed by atoms with Gasteiger partial charge in [0.2, 0.25) is 0 Å². The summed E-state index contributed by atoms with van der Waals surface area (Å²) in [6, 6.07) is 64.9. The molecule has 244 valence electrons. The van der Waals surface area contributed by atoms with E-state index in [0.717, 1.165) is 0 Å². The lowest BCUT2D eigenvalue weighted by Crippen LogP contribution is -1.95. The van der Waals surface area contributed by atoms with E-state index in [1.807, 2.05) is 11.3 Å². The van der Waals surface area contributed by atoms with Gasteiger partial charge >= 0.3 is 0 Å². The SMILES string of the molecule is Cc1ccc(-c2ccc(-c3cc(-n4c5ccccc5c5ccccc54)cc4c3sc3ccc(-n5c6ccccc6c6ccccc65)cc34)cc2)cc1. The molecule has 0 N–H and O–H groups in total. The molecular weight excluding hydrogens is 649 g/mol. The normalized spacial score (nSPS) is 11.9. The lowest BCUT2D eigenvalue weighted by molar-refractivity contribution is 1.18. The zero-order valence-electron chi connectivity index (χ0n) is 28.5. The fraction of sp³-hybridized carbons (Fsp3) is 0.0204. The summed E-state index contributed by atoms with van der Waals surface area (Å²) < 4.78 is 7.47. The van der Waals surface area contributed by atoms with E-state index in [4.69, 9.17) is 0 Å². The second kappa shape index (κ2) is 11.3. The second-order valence-electron chi connectivity index (χ2n) is 13.8. The molecule has 3 heteroatoms. The van der Waals surface area contributed by atoms with Gasteiger partial charge in [0, 0.05) is 58.7 Å². The van der Waals surface area contributed by atoms with Crippen molar-refractivity contribution in [3.8, 4) is 33.6 Å². The van der Waals surface area contributed by atoms with Crippen LogP contribution in [-0.2, 0) is 0 Å². The highest BCUT2D eigenvalue weighted by Gasteiger charge is 2.19. The van der Waals surface area contributed by atoms with Crippen LogP contribution < -0.4 is 0 Å². The number of benzene rings is 8. The molecule has 0 radical (unpaired) electrons. The molecule has 11 rings (SSSR count). The van der Waals surface area contributed by atoms with Gasteiger partial charge in [-0.05, 0) is 78.2 Å². The third-order valence-electron chi connectivity index (χ3n) is 10.8. The average Bonchev–Trinajstić information content (AvgIpc) is 3.85. The van der Waals surface area contributed by atoms with Crippen molar-refractivity contribution in [3.05, 3.63) is 181 Å². The van der Waals surface area contributed by atoms with E-state index >= 15 is 0 Å². The fourth-order valence-corrected chi connectivity index (χ4v) is 9.52. The number of hydrogen-bond acceptors (Lipinski definition) is 1. The molecule has 52 heavy (non-hydrogen) atoms. The molecule has 0 unspecified atom stereocenters. The number of nitrogens with zero attached hydrogens (tertiary/aromatic N) is 2. The number of aromatic nitrogens is 2. The molecule has 11 aromatic rings. The van der Waals surface area contributed by atoms with Crippen molar-refractivity contribution < 1.29 is 0 Å². The van der Waals surface area contributed by atoms with E-state index in [1.165, 1.54) is 103 Å². The summed E-state index contributed by atoms with van der Waals surface area (Å²) in [5, 5.41) is 7.65. The van der Waals surface area contributed by atoms with Crippen LogP contribution in [0.25, 0.3) is 97.4 Å². The fourth-order valence-electron chi connectivity index (χ4n) is 8.32. The maximum atomic E-state index is 2.45. The van der Waals surface area contributed by atoms with E-state index in [0.29, 0.717) is 0 Å². The van der Waals surface area contributed by atoms with Gasteiger partial charge in [-0.2, -0.15) is 0 Å². The Morgan fingerprint density at radius 3 is 1.35 bits per heavy atom. The van der Waals surface area contributed by atoms with E-state index < -0.39 is 0 Å². The molecular formula is C49H32N2S. The first kappa shape index (κ1) is 29.3. The molecule has 0 aliphatic carbocycles. The van der Waals surface area contributed by atoms with Crippen LogP contribution in [0.1, 0.15) is 5.56 Å². The second-order valence-corrected chi connectivity index (χ2v) is 14.9. The predicted octanol–water partition coefficient (Wildman–Crippen LogP) is 13.9. The summed E-state index contributed by atoms with van der Waals surface area (Å²) >= 11 is 1.89. The third-order valence-corrected chi connectivity index (χ3v) is 12.0. The Balaban J connectivity index is 1.19. The molecule has 0 saturated carbocycles. The number of thiophene rings is 1. The predicted molar refractivity (Wildman–Crippen MR) is 224 cm³/mol. The van der Waals surface area contributed by atoms with E-state index in [-0.39, 0.29) is 0 Å². The van der Waals surface area contributed by atoms with E-state index in [9.17, 15) is 0 Å². The maximum absolute atomic E-state index is 2.45. The van der Waals surface area contributed by atoms with E-state index in [1.54, 1.807) is 0 Å². The summed E-state index contributed by atoms with van der Waals surface area (Å²) in [6.45, 7) is 2.14. The van der Waals surface area contributed by atoms with Gasteiger partial charge in [0.05, 0.1) is 22.1 Å². The average molecular weight is 681 g/mol. The summed E-state index contributed by atoms with van der Waals surface area (Å²) in [5.41, 5.74) is 13.4. The van der Waals surface area contributed by atoms with Gasteiger partial charge in [-0.15, -0.1) is 11.3 Å². The Kier molecular flexibility index (Phi) is 6.37. The van der Waals surface area contributed by atoms with Crippen molar-refractivity contribution in [1.29, 1.82) is 0 Å². The van der Waals surface area contributed by atoms with Crippen molar-refractivity contribution >= 4 is 75.1 Å². The monoisotopic (exact) mass is 680 g/mol. The Morgan fingerprint density at radius 1 is 0.365 bits per heavy atom. The summed E-state index contributed by atoms with van der Waals surface area (Å²) in [7, 11) is 0. The van der Waals surface area contributed by atoms with Gasteiger partial charge in [-0.3, -0.25) is 0 Å². The Labute approximate surface area is 305 Å². The third kappa shape index (κ3) is 4.36. The van der Waals surface area contributed by atoms with Crippen LogP contribution in [0.3, 0.4) is 0 Å². The van der Waals surface area contributed by atoms with Crippen LogP contribution in [0, 0.1) is 6.92 Å². The highest BCUT2D eigenvalue weighted by atomic mass is 32.1. The van der Waals surface area contributed by atoms with Crippen LogP contribution in [0.15, 0.2) is 176 Å². The van der Waals surface area contributed by atoms with Gasteiger partial charge in [0.15, 0.2) is 0 Å². The Morgan fingerprint density at radius 2 is 0.808 bits per heavy atom. The summed E-state index contributed by atoms with van der Waals surface area (Å²) in [4.78, 5) is 0. The van der Waals surface area contributed by atoms with Crippen molar-refractivity contribution in [2.75, 3.05) is 0 Å². The lowest BCUT2D eigenvalue weighted by Gasteiger charge is -2.13. The molecule has 3 heterocycles. The zero-order valence-corrected chi connectivity index (χ0v) is 29.4. The number of para-hydroxylation sites is 4. The van der Waals surface area contributed by atoms with Gasteiger partial charge in [0.25, 0.3) is 0 Å². The Hall–Kier alpha value is -6.42. The smallest absolute Gasteiger partial charge is 0.0541 e. The highest BCUT2D eigenvalue weighted by molar-refractivity contribution is 7.26.